The number of rotatable bonds is 15. The van der Waals surface area contributed by atoms with Crippen molar-refractivity contribution in [3.8, 4) is 0 Å². The van der Waals surface area contributed by atoms with E-state index in [4.69, 9.17) is 24.3 Å². The first-order valence-electron chi connectivity index (χ1n) is 15.4. The van der Waals surface area contributed by atoms with Gasteiger partial charge in [0.2, 0.25) is 11.7 Å². The summed E-state index contributed by atoms with van der Waals surface area (Å²) in [6.07, 6.45) is -6.16. The van der Waals surface area contributed by atoms with Crippen LogP contribution in [0.2, 0.25) is 0 Å². The van der Waals surface area contributed by atoms with Gasteiger partial charge in [0.05, 0.1) is 24.4 Å². The monoisotopic (exact) mass is 699 g/mol. The van der Waals surface area contributed by atoms with E-state index in [1.807, 2.05) is 0 Å². The highest BCUT2D eigenvalue weighted by Crippen LogP contribution is 2.27. The molecule has 1 amide bonds. The molecule has 0 saturated heterocycles. The first kappa shape index (κ1) is 45.0. The van der Waals surface area contributed by atoms with Crippen LogP contribution < -0.4 is 5.32 Å². The molecule has 0 aromatic heterocycles. The number of hydrogen-bond acceptors (Lipinski definition) is 13. The number of ether oxygens (including phenoxy) is 2. The SMILES string of the molecule is CC(OC(C)(C)C)C(NC(=O)[C@H]([C@@H](C)O)N(OC(=O)[C@H](CO)N(OC(=O)OC(C)(C)C)C(C)(C)C)C(C)(C)C)C(=O)C(F)(F)CC(=O)O. The fourth-order valence-electron chi connectivity index (χ4n) is 4.32. The number of halogens is 2. The molecule has 5 atom stereocenters. The minimum absolute atomic E-state index is 0.749. The van der Waals surface area contributed by atoms with Crippen LogP contribution in [0.3, 0.4) is 0 Å². The van der Waals surface area contributed by atoms with Gasteiger partial charge in [-0.1, -0.05) is 0 Å². The van der Waals surface area contributed by atoms with Crippen LogP contribution in [0.5, 0.6) is 0 Å². The summed E-state index contributed by atoms with van der Waals surface area (Å²) < 4.78 is 40.4. The van der Waals surface area contributed by atoms with Crippen molar-refractivity contribution in [2.75, 3.05) is 6.61 Å². The number of hydrogen-bond donors (Lipinski definition) is 4. The fourth-order valence-corrected chi connectivity index (χ4v) is 4.32. The molecule has 2 unspecified atom stereocenters. The maximum Gasteiger partial charge on any atom is 0.528 e. The van der Waals surface area contributed by atoms with E-state index in [0.717, 1.165) is 17.1 Å². The van der Waals surface area contributed by atoms with Crippen LogP contribution in [-0.2, 0) is 38.3 Å². The largest absolute Gasteiger partial charge is 0.528 e. The van der Waals surface area contributed by atoms with E-state index in [1.54, 1.807) is 62.3 Å². The molecule has 0 heterocycles. The van der Waals surface area contributed by atoms with Gasteiger partial charge in [-0.2, -0.15) is 8.78 Å². The van der Waals surface area contributed by atoms with Crippen LogP contribution in [0.25, 0.3) is 0 Å². The van der Waals surface area contributed by atoms with Crippen molar-refractivity contribution in [2.45, 2.75) is 162 Å². The Bertz CT molecular complexity index is 1140. The number of carbonyl (C=O) groups is 5. The lowest BCUT2D eigenvalue weighted by Crippen LogP contribution is -2.64. The number of amides is 1. The molecule has 0 aliphatic heterocycles. The molecule has 0 fully saturated rings. The second-order valence-corrected chi connectivity index (χ2v) is 15.4. The molecule has 0 saturated carbocycles. The summed E-state index contributed by atoms with van der Waals surface area (Å²) in [5.74, 6) is -10.9. The third kappa shape index (κ3) is 14.6. The third-order valence-electron chi connectivity index (χ3n) is 6.10. The van der Waals surface area contributed by atoms with Crippen molar-refractivity contribution < 1.29 is 67.2 Å². The number of carboxylic acids is 1. The quantitative estimate of drug-likeness (QED) is 0.144. The smallest absolute Gasteiger partial charge is 0.481 e. The Kier molecular flexibility index (Phi) is 15.6. The van der Waals surface area contributed by atoms with Gasteiger partial charge in [-0.3, -0.25) is 14.4 Å². The summed E-state index contributed by atoms with van der Waals surface area (Å²) in [5, 5.41) is 33.7. The summed E-state index contributed by atoms with van der Waals surface area (Å²) in [6, 6.07) is -5.69. The predicted molar refractivity (Wildman–Crippen MR) is 167 cm³/mol. The van der Waals surface area contributed by atoms with Gasteiger partial charge in [0, 0.05) is 11.1 Å². The van der Waals surface area contributed by atoms with Crippen molar-refractivity contribution in [3.63, 3.8) is 0 Å². The number of carboxylic acid groups (broad SMARTS) is 1. The number of alkyl halides is 2. The fraction of sp³-hybridized carbons (Fsp3) is 0.839. The lowest BCUT2D eigenvalue weighted by Gasteiger charge is -2.42. The lowest BCUT2D eigenvalue weighted by molar-refractivity contribution is -0.263. The van der Waals surface area contributed by atoms with E-state index >= 15 is 0 Å². The van der Waals surface area contributed by atoms with E-state index < -0.39 is 101 Å². The molecule has 0 rings (SSSR count). The number of nitrogens with zero attached hydrogens (tertiary/aromatic N) is 2. The van der Waals surface area contributed by atoms with Crippen molar-refractivity contribution in [1.29, 1.82) is 0 Å². The molecule has 0 spiro atoms. The second kappa shape index (κ2) is 16.6. The summed E-state index contributed by atoms with van der Waals surface area (Å²) in [6.45, 7) is 19.9. The van der Waals surface area contributed by atoms with Gasteiger partial charge in [-0.25, -0.2) is 9.59 Å². The first-order valence-corrected chi connectivity index (χ1v) is 15.4. The summed E-state index contributed by atoms with van der Waals surface area (Å²) in [4.78, 5) is 74.9. The average Bonchev–Trinajstić information content (AvgIpc) is 2.81. The van der Waals surface area contributed by atoms with Crippen LogP contribution >= 0.6 is 0 Å². The summed E-state index contributed by atoms with van der Waals surface area (Å²) in [5.41, 5.74) is -4.41. The van der Waals surface area contributed by atoms with Crippen LogP contribution in [0, 0.1) is 0 Å². The van der Waals surface area contributed by atoms with Crippen molar-refractivity contribution in [2.24, 2.45) is 0 Å². The number of Topliss-reactive ketones (excluding diaryl/α,β-unsaturated/α-hetero) is 1. The van der Waals surface area contributed by atoms with E-state index in [0.29, 0.717) is 0 Å². The number of carbonyl (C=O) groups excluding carboxylic acids is 4. The van der Waals surface area contributed by atoms with Gasteiger partial charge < -0.3 is 39.8 Å². The zero-order chi connectivity index (χ0) is 38.4. The molecular weight excluding hydrogens is 644 g/mol. The summed E-state index contributed by atoms with van der Waals surface area (Å²) in [7, 11) is 0. The molecule has 0 aliphatic rings. The molecule has 0 aromatic rings. The number of nitrogens with one attached hydrogen (secondary N) is 1. The van der Waals surface area contributed by atoms with Crippen LogP contribution in [0.15, 0.2) is 0 Å². The van der Waals surface area contributed by atoms with Crippen LogP contribution in [0.4, 0.5) is 13.6 Å². The lowest BCUT2D eigenvalue weighted by atomic mass is 9.97. The minimum atomic E-state index is -4.42. The van der Waals surface area contributed by atoms with Gasteiger partial charge in [-0.05, 0) is 96.9 Å². The molecule has 0 aliphatic carbocycles. The van der Waals surface area contributed by atoms with Crippen LogP contribution in [-0.4, -0.2) is 120 Å². The second-order valence-electron chi connectivity index (χ2n) is 15.4. The molecule has 0 aromatic carbocycles. The number of aliphatic hydroxyl groups excluding tert-OH is 2. The highest BCUT2D eigenvalue weighted by Gasteiger charge is 2.50. The molecule has 4 N–H and O–H groups in total. The third-order valence-corrected chi connectivity index (χ3v) is 6.10. The number of hydroxylamine groups is 4. The summed E-state index contributed by atoms with van der Waals surface area (Å²) >= 11 is 0. The molecule has 15 nitrogen and oxygen atoms in total. The normalized spacial score (nSPS) is 16.4. The minimum Gasteiger partial charge on any atom is -0.481 e. The highest BCUT2D eigenvalue weighted by molar-refractivity contribution is 5.97. The molecule has 280 valence electrons. The molecule has 0 radical (unpaired) electrons. The number of aliphatic carboxylic acids is 1. The van der Waals surface area contributed by atoms with E-state index in [2.05, 4.69) is 5.32 Å². The Labute approximate surface area is 281 Å². The highest BCUT2D eigenvalue weighted by atomic mass is 19.3. The standard InChI is InChI=1S/C31H55F2N3O12/c1-17(38)22(24(42)34-21(18(2)45-29(9,10)11)23(41)31(32,33)15-20(39)40)36(28(6,7)8)47-25(43)19(16-37)35(27(3,4)5)48-26(44)46-30(12,13)14/h17-19,21-22,37-38H,15-16H2,1-14H3,(H,34,42)(H,39,40)/t17-,18?,19+,21?,22+/m1/s1. The molecule has 0 bridgehead atoms. The Morgan fingerprint density at radius 2 is 1.27 bits per heavy atom. The molecular formula is C31H55F2N3O12. The molecule has 17 heteroatoms. The van der Waals surface area contributed by atoms with Crippen molar-refractivity contribution in [3.05, 3.63) is 0 Å². The van der Waals surface area contributed by atoms with Crippen LogP contribution in [0.1, 0.15) is 103 Å². The zero-order valence-electron chi connectivity index (χ0n) is 30.5. The van der Waals surface area contributed by atoms with Gasteiger partial charge in [0.25, 0.3) is 0 Å². The first-order chi connectivity index (χ1) is 21.2. The Morgan fingerprint density at radius 1 is 0.792 bits per heavy atom. The number of ketones is 1. The van der Waals surface area contributed by atoms with Gasteiger partial charge in [-0.15, -0.1) is 10.1 Å². The maximum atomic E-state index is 14.8. The van der Waals surface area contributed by atoms with E-state index in [9.17, 15) is 43.0 Å². The molecule has 48 heavy (non-hydrogen) atoms. The van der Waals surface area contributed by atoms with Crippen molar-refractivity contribution in [1.82, 2.24) is 15.4 Å². The zero-order valence-corrected chi connectivity index (χ0v) is 30.5. The Morgan fingerprint density at radius 3 is 1.62 bits per heavy atom. The van der Waals surface area contributed by atoms with Gasteiger partial charge in [0.15, 0.2) is 12.1 Å². The van der Waals surface area contributed by atoms with E-state index in [1.165, 1.54) is 27.7 Å². The maximum absolute atomic E-state index is 14.8. The average molecular weight is 700 g/mol. The predicted octanol–water partition coefficient (Wildman–Crippen LogP) is 2.99. The van der Waals surface area contributed by atoms with E-state index in [-0.39, 0.29) is 0 Å². The Hall–Kier alpha value is -2.99. The van der Waals surface area contributed by atoms with Gasteiger partial charge in [0.1, 0.15) is 18.1 Å². The number of aliphatic hydroxyl groups is 2. The van der Waals surface area contributed by atoms with Crippen molar-refractivity contribution >= 4 is 29.8 Å². The topological polar surface area (TPSA) is 201 Å². The Balaban J connectivity index is 6.78. The van der Waals surface area contributed by atoms with Gasteiger partial charge >= 0.3 is 24.0 Å².